The minimum atomic E-state index is -3.26. The van der Waals surface area contributed by atoms with Crippen LogP contribution >= 0.6 is 0 Å². The molecule has 1 unspecified atom stereocenters. The molecule has 3 aromatic rings. The fourth-order valence-corrected chi connectivity index (χ4v) is 4.32. The molecule has 1 aliphatic rings. The topological polar surface area (TPSA) is 98.2 Å². The van der Waals surface area contributed by atoms with E-state index < -0.39 is 9.84 Å². The molecule has 1 atom stereocenters. The summed E-state index contributed by atoms with van der Waals surface area (Å²) in [5.74, 6) is 2.45. The van der Waals surface area contributed by atoms with Crippen LogP contribution in [0.15, 0.2) is 66.0 Å². The molecule has 1 aliphatic carbocycles. The van der Waals surface area contributed by atoms with Crippen molar-refractivity contribution in [2.75, 3.05) is 11.6 Å². The molecular weight excluding hydrogens is 414 g/mol. The zero-order chi connectivity index (χ0) is 21.8. The first-order valence-electron chi connectivity index (χ1n) is 10.0. The van der Waals surface area contributed by atoms with Crippen molar-refractivity contribution >= 4 is 27.1 Å². The van der Waals surface area contributed by atoms with Crippen molar-refractivity contribution in [2.24, 2.45) is 5.92 Å². The number of aromatic nitrogens is 2. The van der Waals surface area contributed by atoms with Gasteiger partial charge in [-0.1, -0.05) is 0 Å². The van der Waals surface area contributed by atoms with Crippen LogP contribution < -0.4 is 10.1 Å². The summed E-state index contributed by atoms with van der Waals surface area (Å²) in [6.45, 7) is 0. The average Bonchev–Trinajstić information content (AvgIpc) is 3.15. The summed E-state index contributed by atoms with van der Waals surface area (Å²) >= 11 is 0. The third kappa shape index (κ3) is 5.46. The van der Waals surface area contributed by atoms with Crippen LogP contribution in [0.25, 0.3) is 0 Å². The number of benzene rings is 2. The van der Waals surface area contributed by atoms with E-state index in [-0.39, 0.29) is 10.8 Å². The fourth-order valence-electron chi connectivity index (χ4n) is 3.69. The van der Waals surface area contributed by atoms with E-state index in [1.165, 1.54) is 18.4 Å². The van der Waals surface area contributed by atoms with Gasteiger partial charge in [0.1, 0.15) is 23.1 Å². The van der Waals surface area contributed by atoms with Gasteiger partial charge in [-0.2, -0.15) is 0 Å². The van der Waals surface area contributed by atoms with E-state index >= 15 is 0 Å². The first-order chi connectivity index (χ1) is 14.9. The van der Waals surface area contributed by atoms with Crippen LogP contribution in [-0.4, -0.2) is 30.4 Å². The lowest BCUT2D eigenvalue weighted by Crippen LogP contribution is -2.04. The highest BCUT2D eigenvalue weighted by molar-refractivity contribution is 7.90. The van der Waals surface area contributed by atoms with Crippen molar-refractivity contribution in [3.05, 3.63) is 66.6 Å². The molecule has 1 heterocycles. The third-order valence-electron chi connectivity index (χ3n) is 5.23. The molecule has 1 N–H and O–H groups in total. The van der Waals surface area contributed by atoms with Crippen LogP contribution in [-0.2, 0) is 21.1 Å². The number of ether oxygens (including phenoxy) is 1. The van der Waals surface area contributed by atoms with Crippen LogP contribution in [0, 0.1) is 5.92 Å². The van der Waals surface area contributed by atoms with Crippen molar-refractivity contribution in [1.82, 2.24) is 9.97 Å². The number of nitrogens with zero attached hydrogens (tertiary/aromatic N) is 2. The van der Waals surface area contributed by atoms with Crippen LogP contribution in [0.5, 0.6) is 11.5 Å². The summed E-state index contributed by atoms with van der Waals surface area (Å²) in [7, 11) is -3.26. The van der Waals surface area contributed by atoms with Crippen molar-refractivity contribution in [3.63, 3.8) is 0 Å². The molecule has 2 aromatic carbocycles. The van der Waals surface area contributed by atoms with Gasteiger partial charge < -0.3 is 10.1 Å². The summed E-state index contributed by atoms with van der Waals surface area (Å²) in [5.41, 5.74) is 1.82. The van der Waals surface area contributed by atoms with E-state index in [1.807, 2.05) is 18.2 Å². The molecule has 0 spiro atoms. The van der Waals surface area contributed by atoms with Crippen molar-refractivity contribution in [2.45, 2.75) is 30.6 Å². The van der Waals surface area contributed by atoms with E-state index in [9.17, 15) is 13.2 Å². The van der Waals surface area contributed by atoms with Gasteiger partial charge in [-0.05, 0) is 66.8 Å². The Balaban J connectivity index is 1.59. The number of hydrogen-bond donors (Lipinski definition) is 1. The second kappa shape index (κ2) is 8.85. The monoisotopic (exact) mass is 437 g/mol. The molecule has 1 fully saturated rings. The fraction of sp³-hybridized carbons (Fsp3) is 0.261. The van der Waals surface area contributed by atoms with Gasteiger partial charge in [-0.25, -0.2) is 13.4 Å². The molecule has 7 nitrogen and oxygen atoms in total. The largest absolute Gasteiger partial charge is 0.457 e. The van der Waals surface area contributed by atoms with Crippen molar-refractivity contribution < 1.29 is 17.9 Å². The maximum absolute atomic E-state index is 11.7. The smallest absolute Gasteiger partial charge is 0.175 e. The number of nitrogens with one attached hydrogen (secondary N) is 1. The third-order valence-corrected chi connectivity index (χ3v) is 6.36. The predicted molar refractivity (Wildman–Crippen MR) is 117 cm³/mol. The number of rotatable bonds is 7. The highest BCUT2D eigenvalue weighted by Gasteiger charge is 2.23. The highest BCUT2D eigenvalue weighted by atomic mass is 32.2. The minimum Gasteiger partial charge on any atom is -0.457 e. The molecule has 160 valence electrons. The SMILES string of the molecule is CS(=O)(=O)c1ccc(Oc2ccc(Nc3cnccn3)cc2CC2CCC(=O)C2)cc1. The Morgan fingerprint density at radius 2 is 1.94 bits per heavy atom. The molecule has 0 saturated heterocycles. The summed E-state index contributed by atoms with van der Waals surface area (Å²) in [6, 6.07) is 12.1. The molecule has 4 rings (SSSR count). The lowest BCUT2D eigenvalue weighted by Gasteiger charge is -2.16. The Bertz CT molecular complexity index is 1180. The molecule has 1 aromatic heterocycles. The van der Waals surface area contributed by atoms with E-state index in [4.69, 9.17) is 4.74 Å². The second-order valence-corrected chi connectivity index (χ2v) is 9.75. The van der Waals surface area contributed by atoms with Gasteiger partial charge >= 0.3 is 0 Å². The predicted octanol–water partition coefficient (Wildman–Crippen LogP) is 4.33. The van der Waals surface area contributed by atoms with Gasteiger partial charge in [-0.3, -0.25) is 9.78 Å². The Hall–Kier alpha value is -3.26. The minimum absolute atomic E-state index is 0.244. The molecule has 31 heavy (non-hydrogen) atoms. The number of hydrogen-bond acceptors (Lipinski definition) is 7. The molecule has 0 aliphatic heterocycles. The Labute approximate surface area is 181 Å². The standard InChI is InChI=1S/C23H23N3O4S/c1-31(28,29)21-7-5-20(6-8-21)30-22-9-3-18(26-23-15-24-10-11-25-23)14-17(22)12-16-2-4-19(27)13-16/h3,5-11,14-16H,2,4,12-13H2,1H3,(H,25,26). The first kappa shape index (κ1) is 21.0. The van der Waals surface area contributed by atoms with E-state index in [0.717, 1.165) is 24.1 Å². The summed E-state index contributed by atoms with van der Waals surface area (Å²) in [6.07, 6.45) is 8.86. The highest BCUT2D eigenvalue weighted by Crippen LogP contribution is 2.34. The Morgan fingerprint density at radius 3 is 2.58 bits per heavy atom. The van der Waals surface area contributed by atoms with E-state index in [2.05, 4.69) is 15.3 Å². The molecule has 0 bridgehead atoms. The van der Waals surface area contributed by atoms with E-state index in [1.54, 1.807) is 30.7 Å². The molecular formula is C23H23N3O4S. The summed E-state index contributed by atoms with van der Waals surface area (Å²) in [4.78, 5) is 20.3. The van der Waals surface area contributed by atoms with Crippen LogP contribution in [0.2, 0.25) is 0 Å². The average molecular weight is 438 g/mol. The number of anilines is 2. The lowest BCUT2D eigenvalue weighted by molar-refractivity contribution is -0.117. The number of ketones is 1. The molecule has 0 radical (unpaired) electrons. The maximum Gasteiger partial charge on any atom is 0.175 e. The lowest BCUT2D eigenvalue weighted by atomic mass is 9.97. The van der Waals surface area contributed by atoms with Crippen LogP contribution in [0.4, 0.5) is 11.5 Å². The van der Waals surface area contributed by atoms with Gasteiger partial charge in [0.2, 0.25) is 0 Å². The van der Waals surface area contributed by atoms with E-state index in [0.29, 0.717) is 35.9 Å². The quantitative estimate of drug-likeness (QED) is 0.587. The summed E-state index contributed by atoms with van der Waals surface area (Å²) in [5, 5.41) is 3.23. The number of sulfone groups is 1. The Kier molecular flexibility index (Phi) is 5.99. The van der Waals surface area contributed by atoms with Crippen LogP contribution in [0.3, 0.4) is 0 Å². The van der Waals surface area contributed by atoms with Gasteiger partial charge in [0, 0.05) is 37.2 Å². The van der Waals surface area contributed by atoms with Crippen LogP contribution in [0.1, 0.15) is 24.8 Å². The second-order valence-electron chi connectivity index (χ2n) is 7.74. The van der Waals surface area contributed by atoms with Gasteiger partial charge in [0.05, 0.1) is 11.1 Å². The maximum atomic E-state index is 11.7. The Morgan fingerprint density at radius 1 is 1.13 bits per heavy atom. The molecule has 8 heteroatoms. The normalized spacial score (nSPS) is 16.3. The van der Waals surface area contributed by atoms with Gasteiger partial charge in [0.15, 0.2) is 9.84 Å². The number of Topliss-reactive ketones (excluding diaryl/α,β-unsaturated/α-hetero) is 1. The van der Waals surface area contributed by atoms with Gasteiger partial charge in [-0.15, -0.1) is 0 Å². The molecule has 0 amide bonds. The number of carbonyl (C=O) groups is 1. The zero-order valence-corrected chi connectivity index (χ0v) is 17.9. The van der Waals surface area contributed by atoms with Crippen molar-refractivity contribution in [3.8, 4) is 11.5 Å². The molecule has 1 saturated carbocycles. The summed E-state index contributed by atoms with van der Waals surface area (Å²) < 4.78 is 29.4. The van der Waals surface area contributed by atoms with Gasteiger partial charge in [0.25, 0.3) is 0 Å². The first-order valence-corrected chi connectivity index (χ1v) is 11.9. The van der Waals surface area contributed by atoms with Crippen molar-refractivity contribution in [1.29, 1.82) is 0 Å². The zero-order valence-electron chi connectivity index (χ0n) is 17.1. The number of carbonyl (C=O) groups excluding carboxylic acids is 1.